The first-order chi connectivity index (χ1) is 10.5. The molecule has 0 bridgehead atoms. The van der Waals surface area contributed by atoms with Gasteiger partial charge in [0.25, 0.3) is 11.9 Å². The lowest BCUT2D eigenvalue weighted by Gasteiger charge is -1.96. The summed E-state index contributed by atoms with van der Waals surface area (Å²) in [7, 11) is 0. The SMILES string of the molecule is Cc1ccc(/C=C/C(=O)Nc2nc3sc(C)c(C)n3n2)cc1. The van der Waals surface area contributed by atoms with Crippen LogP contribution in [0.15, 0.2) is 30.3 Å². The molecule has 2 aromatic heterocycles. The maximum absolute atomic E-state index is 11.9. The van der Waals surface area contributed by atoms with Crippen LogP contribution in [0.25, 0.3) is 11.0 Å². The number of hydrogen-bond donors (Lipinski definition) is 1. The van der Waals surface area contributed by atoms with E-state index in [0.29, 0.717) is 5.95 Å². The number of hydrogen-bond acceptors (Lipinski definition) is 4. The predicted molar refractivity (Wildman–Crippen MR) is 89.2 cm³/mol. The second kappa shape index (κ2) is 5.73. The van der Waals surface area contributed by atoms with Gasteiger partial charge in [0, 0.05) is 11.0 Å². The van der Waals surface area contributed by atoms with E-state index in [0.717, 1.165) is 16.2 Å². The van der Waals surface area contributed by atoms with Crippen molar-refractivity contribution in [2.45, 2.75) is 20.8 Å². The molecule has 3 aromatic rings. The third-order valence-corrected chi connectivity index (χ3v) is 4.44. The summed E-state index contributed by atoms with van der Waals surface area (Å²) in [6, 6.07) is 7.95. The fourth-order valence-electron chi connectivity index (χ4n) is 2.00. The Morgan fingerprint density at radius 2 is 1.95 bits per heavy atom. The summed E-state index contributed by atoms with van der Waals surface area (Å²) >= 11 is 1.56. The Morgan fingerprint density at radius 3 is 2.64 bits per heavy atom. The van der Waals surface area contributed by atoms with Gasteiger partial charge in [-0.25, -0.2) is 4.52 Å². The van der Waals surface area contributed by atoms with Gasteiger partial charge in [0.1, 0.15) is 0 Å². The van der Waals surface area contributed by atoms with Crippen molar-refractivity contribution in [2.75, 3.05) is 5.32 Å². The zero-order chi connectivity index (χ0) is 15.7. The number of nitrogens with one attached hydrogen (secondary N) is 1. The smallest absolute Gasteiger partial charge is 0.250 e. The molecule has 1 aromatic carbocycles. The number of aryl methyl sites for hydroxylation is 3. The van der Waals surface area contributed by atoms with Gasteiger partial charge in [-0.2, -0.15) is 4.98 Å². The molecular weight excluding hydrogens is 296 g/mol. The number of fused-ring (bicyclic) bond motifs is 1. The Bertz CT molecular complexity index is 858. The minimum atomic E-state index is -0.242. The monoisotopic (exact) mass is 312 g/mol. The van der Waals surface area contributed by atoms with Crippen LogP contribution in [0.1, 0.15) is 21.7 Å². The van der Waals surface area contributed by atoms with Gasteiger partial charge in [0.15, 0.2) is 0 Å². The lowest BCUT2D eigenvalue weighted by atomic mass is 10.1. The Hall–Kier alpha value is -2.47. The summed E-state index contributed by atoms with van der Waals surface area (Å²) < 4.78 is 1.75. The van der Waals surface area contributed by atoms with E-state index in [9.17, 15) is 4.79 Å². The fourth-order valence-corrected chi connectivity index (χ4v) is 2.90. The standard InChI is InChI=1S/C16H16N4OS/c1-10-4-6-13(7-5-10)8-9-14(21)17-15-18-16-20(19-15)11(2)12(3)22-16/h4-9H,1-3H3,(H,17,19,21)/b9-8+. The number of rotatable bonds is 3. The number of carbonyl (C=O) groups is 1. The first-order valence-electron chi connectivity index (χ1n) is 6.91. The first-order valence-corrected chi connectivity index (χ1v) is 7.73. The normalized spacial score (nSPS) is 11.4. The second-order valence-corrected chi connectivity index (χ2v) is 6.29. The van der Waals surface area contributed by atoms with Crippen LogP contribution in [0, 0.1) is 20.8 Å². The van der Waals surface area contributed by atoms with Gasteiger partial charge in [0.05, 0.1) is 5.69 Å². The minimum absolute atomic E-state index is 0.242. The third-order valence-electron chi connectivity index (χ3n) is 3.39. The van der Waals surface area contributed by atoms with Crippen LogP contribution in [-0.4, -0.2) is 20.5 Å². The molecule has 22 heavy (non-hydrogen) atoms. The van der Waals surface area contributed by atoms with Crippen LogP contribution in [0.5, 0.6) is 0 Å². The summed E-state index contributed by atoms with van der Waals surface area (Å²) in [6.07, 6.45) is 3.25. The van der Waals surface area contributed by atoms with Crippen molar-refractivity contribution in [3.63, 3.8) is 0 Å². The molecular formula is C16H16N4OS. The molecule has 1 N–H and O–H groups in total. The van der Waals surface area contributed by atoms with Crippen LogP contribution in [0.3, 0.4) is 0 Å². The molecule has 3 rings (SSSR count). The average Bonchev–Trinajstić information content (AvgIpc) is 2.98. The minimum Gasteiger partial charge on any atom is -0.290 e. The highest BCUT2D eigenvalue weighted by Gasteiger charge is 2.11. The van der Waals surface area contributed by atoms with E-state index in [4.69, 9.17) is 0 Å². The molecule has 0 aliphatic carbocycles. The van der Waals surface area contributed by atoms with E-state index >= 15 is 0 Å². The summed E-state index contributed by atoms with van der Waals surface area (Å²) in [5.74, 6) is 0.0844. The Morgan fingerprint density at radius 1 is 1.23 bits per heavy atom. The number of aromatic nitrogens is 3. The summed E-state index contributed by atoms with van der Waals surface area (Å²) in [5, 5.41) is 6.97. The summed E-state index contributed by atoms with van der Waals surface area (Å²) in [4.78, 5) is 18.2. The Balaban J connectivity index is 1.71. The highest BCUT2D eigenvalue weighted by molar-refractivity contribution is 7.17. The molecule has 0 unspecified atom stereocenters. The van der Waals surface area contributed by atoms with E-state index in [1.165, 1.54) is 16.5 Å². The molecule has 0 radical (unpaired) electrons. The maximum atomic E-state index is 11.9. The van der Waals surface area contributed by atoms with Crippen molar-refractivity contribution in [3.8, 4) is 0 Å². The van der Waals surface area contributed by atoms with Gasteiger partial charge in [-0.15, -0.1) is 5.10 Å². The maximum Gasteiger partial charge on any atom is 0.250 e. The molecule has 0 saturated heterocycles. The second-order valence-electron chi connectivity index (χ2n) is 5.11. The van der Waals surface area contributed by atoms with Crippen molar-refractivity contribution < 1.29 is 4.79 Å². The van der Waals surface area contributed by atoms with Crippen LogP contribution in [0.4, 0.5) is 5.95 Å². The highest BCUT2D eigenvalue weighted by atomic mass is 32.1. The van der Waals surface area contributed by atoms with Crippen molar-refractivity contribution in [3.05, 3.63) is 52.0 Å². The molecule has 0 spiro atoms. The number of thiazole rings is 1. The van der Waals surface area contributed by atoms with E-state index in [1.807, 2.05) is 45.0 Å². The van der Waals surface area contributed by atoms with Crippen molar-refractivity contribution in [2.24, 2.45) is 0 Å². The first kappa shape index (κ1) is 14.5. The van der Waals surface area contributed by atoms with E-state index in [-0.39, 0.29) is 5.91 Å². The molecule has 2 heterocycles. The molecule has 0 aliphatic rings. The summed E-state index contributed by atoms with van der Waals surface area (Å²) in [6.45, 7) is 6.04. The van der Waals surface area contributed by atoms with Gasteiger partial charge in [-0.05, 0) is 32.4 Å². The lowest BCUT2D eigenvalue weighted by molar-refractivity contribution is -0.111. The molecule has 5 nitrogen and oxygen atoms in total. The Labute approximate surface area is 132 Å². The number of benzene rings is 1. The van der Waals surface area contributed by atoms with Crippen LogP contribution < -0.4 is 5.32 Å². The quantitative estimate of drug-likeness (QED) is 0.754. The number of nitrogens with zero attached hydrogens (tertiary/aromatic N) is 3. The zero-order valence-electron chi connectivity index (χ0n) is 12.6. The molecule has 0 saturated carbocycles. The molecule has 0 atom stereocenters. The van der Waals surface area contributed by atoms with E-state index < -0.39 is 0 Å². The average molecular weight is 312 g/mol. The molecule has 112 valence electrons. The van der Waals surface area contributed by atoms with E-state index in [2.05, 4.69) is 15.4 Å². The van der Waals surface area contributed by atoms with Gasteiger partial charge in [-0.3, -0.25) is 10.1 Å². The van der Waals surface area contributed by atoms with Crippen molar-refractivity contribution >= 4 is 34.2 Å². The van der Waals surface area contributed by atoms with E-state index in [1.54, 1.807) is 21.9 Å². The Kier molecular flexibility index (Phi) is 3.77. The van der Waals surface area contributed by atoms with Crippen molar-refractivity contribution in [1.82, 2.24) is 14.6 Å². The summed E-state index contributed by atoms with van der Waals surface area (Å²) in [5.41, 5.74) is 3.21. The number of anilines is 1. The van der Waals surface area contributed by atoms with Gasteiger partial charge < -0.3 is 0 Å². The van der Waals surface area contributed by atoms with Crippen LogP contribution in [0.2, 0.25) is 0 Å². The van der Waals surface area contributed by atoms with Crippen LogP contribution in [-0.2, 0) is 4.79 Å². The molecule has 6 heteroatoms. The van der Waals surface area contributed by atoms with Gasteiger partial charge in [-0.1, -0.05) is 41.2 Å². The largest absolute Gasteiger partial charge is 0.290 e. The number of amides is 1. The lowest BCUT2D eigenvalue weighted by Crippen LogP contribution is -2.09. The highest BCUT2D eigenvalue weighted by Crippen LogP contribution is 2.21. The van der Waals surface area contributed by atoms with Crippen molar-refractivity contribution in [1.29, 1.82) is 0 Å². The third kappa shape index (κ3) is 2.92. The van der Waals surface area contributed by atoms with Crippen LogP contribution >= 0.6 is 11.3 Å². The van der Waals surface area contributed by atoms with Gasteiger partial charge in [0.2, 0.25) is 4.96 Å². The van der Waals surface area contributed by atoms with Gasteiger partial charge >= 0.3 is 0 Å². The number of carbonyl (C=O) groups excluding carboxylic acids is 1. The zero-order valence-corrected chi connectivity index (χ0v) is 13.4. The molecule has 1 amide bonds. The topological polar surface area (TPSA) is 59.3 Å². The predicted octanol–water partition coefficient (Wildman–Crippen LogP) is 3.37. The fraction of sp³-hybridized carbons (Fsp3) is 0.188. The molecule has 0 fully saturated rings. The molecule has 0 aliphatic heterocycles.